The third-order valence-corrected chi connectivity index (χ3v) is 3.42. The number of benzene rings is 1. The van der Waals surface area contributed by atoms with Gasteiger partial charge in [-0.3, -0.25) is 0 Å². The van der Waals surface area contributed by atoms with Gasteiger partial charge in [0.1, 0.15) is 11.3 Å². The Morgan fingerprint density at radius 3 is 2.62 bits per heavy atom. The molecule has 0 radical (unpaired) electrons. The van der Waals surface area contributed by atoms with Crippen molar-refractivity contribution in [3.05, 3.63) is 30.1 Å². The summed E-state index contributed by atoms with van der Waals surface area (Å²) < 4.78 is 1.94. The summed E-state index contributed by atoms with van der Waals surface area (Å²) in [4.78, 5) is 8.89. The minimum atomic E-state index is -0.878. The molecule has 0 spiro atoms. The van der Waals surface area contributed by atoms with E-state index in [1.165, 1.54) is 0 Å². The van der Waals surface area contributed by atoms with E-state index < -0.39 is 5.60 Å². The first-order chi connectivity index (χ1) is 9.90. The zero-order chi connectivity index (χ0) is 15.2. The van der Waals surface area contributed by atoms with Crippen molar-refractivity contribution in [2.24, 2.45) is 5.73 Å². The van der Waals surface area contributed by atoms with Crippen molar-refractivity contribution in [1.82, 2.24) is 14.5 Å². The summed E-state index contributed by atoms with van der Waals surface area (Å²) in [5.41, 5.74) is 13.3. The highest BCUT2D eigenvalue weighted by atomic mass is 16.3. The summed E-state index contributed by atoms with van der Waals surface area (Å²) in [6.07, 6.45) is 0. The van der Waals surface area contributed by atoms with Gasteiger partial charge in [0.15, 0.2) is 5.82 Å². The molecule has 6 heteroatoms. The van der Waals surface area contributed by atoms with Gasteiger partial charge >= 0.3 is 0 Å². The van der Waals surface area contributed by atoms with Gasteiger partial charge < -0.3 is 21.1 Å². The Morgan fingerprint density at radius 1 is 1.24 bits per heavy atom. The topological polar surface area (TPSA) is 103 Å². The smallest absolute Gasteiger partial charge is 0.152 e. The van der Waals surface area contributed by atoms with Crippen LogP contribution in [0.2, 0.25) is 0 Å². The molecule has 3 rings (SSSR count). The number of nitrogens with zero attached hydrogens (tertiary/aromatic N) is 3. The Bertz CT molecular complexity index is 816. The number of nitrogens with two attached hydrogens (primary N) is 2. The molecule has 110 valence electrons. The maximum Gasteiger partial charge on any atom is 0.152 e. The number of aromatic nitrogens is 3. The molecule has 0 aliphatic carbocycles. The standard InChI is InChI=1S/C15H19N5O/c1-15(2,21)8-20-11(7-16)19-12-13(20)9-5-3-4-6-10(9)18-14(12)17/h3-6,21H,7-8,16H2,1-2H3,(H2,17,18). The lowest BCUT2D eigenvalue weighted by Crippen LogP contribution is -2.27. The average molecular weight is 285 g/mol. The van der Waals surface area contributed by atoms with Crippen LogP contribution in [0.25, 0.3) is 21.9 Å². The number of para-hydroxylation sites is 1. The summed E-state index contributed by atoms with van der Waals surface area (Å²) >= 11 is 0. The van der Waals surface area contributed by atoms with Crippen LogP contribution in [-0.2, 0) is 13.1 Å². The zero-order valence-corrected chi connectivity index (χ0v) is 12.2. The number of rotatable bonds is 3. The van der Waals surface area contributed by atoms with Crippen LogP contribution < -0.4 is 11.5 Å². The maximum atomic E-state index is 10.2. The molecule has 0 unspecified atom stereocenters. The summed E-state index contributed by atoms with van der Waals surface area (Å²) in [7, 11) is 0. The molecule has 2 aromatic heterocycles. The molecule has 0 amide bonds. The monoisotopic (exact) mass is 285 g/mol. The molecule has 0 aliphatic rings. The number of aliphatic hydroxyl groups is 1. The number of nitrogen functional groups attached to an aromatic ring is 1. The van der Waals surface area contributed by atoms with E-state index >= 15 is 0 Å². The molecule has 0 atom stereocenters. The number of imidazole rings is 1. The quantitative estimate of drug-likeness (QED) is 0.675. The van der Waals surface area contributed by atoms with E-state index in [1.54, 1.807) is 13.8 Å². The fourth-order valence-electron chi connectivity index (χ4n) is 2.62. The van der Waals surface area contributed by atoms with E-state index in [1.807, 2.05) is 28.8 Å². The second-order valence-corrected chi connectivity index (χ2v) is 5.84. The molecule has 5 N–H and O–H groups in total. The van der Waals surface area contributed by atoms with Crippen molar-refractivity contribution < 1.29 is 5.11 Å². The molecular weight excluding hydrogens is 266 g/mol. The molecule has 2 heterocycles. The molecule has 0 saturated heterocycles. The molecule has 6 nitrogen and oxygen atoms in total. The largest absolute Gasteiger partial charge is 0.389 e. The number of anilines is 1. The van der Waals surface area contributed by atoms with Crippen LogP contribution in [-0.4, -0.2) is 25.2 Å². The lowest BCUT2D eigenvalue weighted by Gasteiger charge is -2.20. The molecule has 1 aromatic carbocycles. The minimum Gasteiger partial charge on any atom is -0.389 e. The van der Waals surface area contributed by atoms with E-state index in [-0.39, 0.29) is 6.54 Å². The van der Waals surface area contributed by atoms with Crippen molar-refractivity contribution in [3.63, 3.8) is 0 Å². The van der Waals surface area contributed by atoms with Crippen LogP contribution >= 0.6 is 0 Å². The van der Waals surface area contributed by atoms with E-state index in [0.717, 1.165) is 16.4 Å². The molecule has 0 fully saturated rings. The predicted molar refractivity (Wildman–Crippen MR) is 83.6 cm³/mol. The molecule has 21 heavy (non-hydrogen) atoms. The van der Waals surface area contributed by atoms with E-state index in [2.05, 4.69) is 9.97 Å². The van der Waals surface area contributed by atoms with Gasteiger partial charge in [-0.25, -0.2) is 9.97 Å². The van der Waals surface area contributed by atoms with Crippen LogP contribution in [0.4, 0.5) is 5.82 Å². The van der Waals surface area contributed by atoms with E-state index in [9.17, 15) is 5.11 Å². The summed E-state index contributed by atoms with van der Waals surface area (Å²) in [5.74, 6) is 1.07. The maximum absolute atomic E-state index is 10.2. The van der Waals surface area contributed by atoms with Crippen molar-refractivity contribution in [1.29, 1.82) is 0 Å². The lowest BCUT2D eigenvalue weighted by atomic mass is 10.1. The third kappa shape index (κ3) is 2.32. The Hall–Kier alpha value is -2.18. The normalized spacial score (nSPS) is 12.4. The third-order valence-electron chi connectivity index (χ3n) is 3.42. The van der Waals surface area contributed by atoms with Gasteiger partial charge in [-0.2, -0.15) is 0 Å². The van der Waals surface area contributed by atoms with E-state index in [0.29, 0.717) is 23.7 Å². The number of pyridine rings is 1. The minimum absolute atomic E-state index is 0.276. The van der Waals surface area contributed by atoms with Crippen molar-refractivity contribution in [2.45, 2.75) is 32.5 Å². The molecule has 0 aliphatic heterocycles. The number of fused-ring (bicyclic) bond motifs is 3. The Balaban J connectivity index is 2.43. The number of hydrogen-bond donors (Lipinski definition) is 3. The highest BCUT2D eigenvalue weighted by Gasteiger charge is 2.21. The lowest BCUT2D eigenvalue weighted by molar-refractivity contribution is 0.0619. The Morgan fingerprint density at radius 2 is 1.95 bits per heavy atom. The Labute approximate surface area is 122 Å². The molecular formula is C15H19N5O. The fraction of sp³-hybridized carbons (Fsp3) is 0.333. The zero-order valence-electron chi connectivity index (χ0n) is 12.2. The van der Waals surface area contributed by atoms with Crippen LogP contribution in [0.15, 0.2) is 24.3 Å². The number of hydrogen-bond acceptors (Lipinski definition) is 5. The highest BCUT2D eigenvalue weighted by Crippen LogP contribution is 2.29. The van der Waals surface area contributed by atoms with Gasteiger partial charge in [0.25, 0.3) is 0 Å². The van der Waals surface area contributed by atoms with Crippen LogP contribution in [0.1, 0.15) is 19.7 Å². The summed E-state index contributed by atoms with van der Waals surface area (Å²) in [6, 6.07) is 7.76. The van der Waals surface area contributed by atoms with Gasteiger partial charge in [-0.1, -0.05) is 18.2 Å². The second-order valence-electron chi connectivity index (χ2n) is 5.84. The fourth-order valence-corrected chi connectivity index (χ4v) is 2.62. The second kappa shape index (κ2) is 4.68. The molecule has 0 saturated carbocycles. The SMILES string of the molecule is CC(C)(O)Cn1c(CN)nc2c(N)nc3ccccc3c21. The van der Waals surface area contributed by atoms with Gasteiger partial charge in [0.2, 0.25) is 0 Å². The van der Waals surface area contributed by atoms with Crippen molar-refractivity contribution in [3.8, 4) is 0 Å². The van der Waals surface area contributed by atoms with Gasteiger partial charge in [0, 0.05) is 5.39 Å². The van der Waals surface area contributed by atoms with Crippen molar-refractivity contribution in [2.75, 3.05) is 5.73 Å². The summed E-state index contributed by atoms with van der Waals surface area (Å²) in [5, 5.41) is 11.1. The summed E-state index contributed by atoms with van der Waals surface area (Å²) in [6.45, 7) is 4.18. The average Bonchev–Trinajstić information content (AvgIpc) is 2.76. The molecule has 0 bridgehead atoms. The van der Waals surface area contributed by atoms with Gasteiger partial charge in [0.05, 0.1) is 29.7 Å². The first kappa shape index (κ1) is 13.8. The first-order valence-electron chi connectivity index (χ1n) is 6.86. The molecule has 3 aromatic rings. The van der Waals surface area contributed by atoms with Gasteiger partial charge in [-0.15, -0.1) is 0 Å². The van der Waals surface area contributed by atoms with Crippen molar-refractivity contribution >= 4 is 27.8 Å². The highest BCUT2D eigenvalue weighted by molar-refractivity contribution is 6.06. The van der Waals surface area contributed by atoms with Crippen LogP contribution in [0.3, 0.4) is 0 Å². The Kier molecular flexibility index (Phi) is 3.07. The van der Waals surface area contributed by atoms with Crippen LogP contribution in [0, 0.1) is 0 Å². The van der Waals surface area contributed by atoms with Crippen LogP contribution in [0.5, 0.6) is 0 Å². The first-order valence-corrected chi connectivity index (χ1v) is 6.86. The predicted octanol–water partition coefficient (Wildman–Crippen LogP) is 1.40. The van der Waals surface area contributed by atoms with Gasteiger partial charge in [-0.05, 0) is 19.9 Å². The van der Waals surface area contributed by atoms with E-state index in [4.69, 9.17) is 11.5 Å².